The van der Waals surface area contributed by atoms with E-state index in [2.05, 4.69) is 10.3 Å². The van der Waals surface area contributed by atoms with Crippen LogP contribution in [0.2, 0.25) is 0 Å². The zero-order chi connectivity index (χ0) is 12.1. The maximum atomic E-state index is 10.9. The van der Waals surface area contributed by atoms with Crippen molar-refractivity contribution in [3.05, 3.63) is 29.3 Å². The van der Waals surface area contributed by atoms with E-state index >= 15 is 0 Å². The molecule has 0 fully saturated rings. The summed E-state index contributed by atoms with van der Waals surface area (Å²) in [6.07, 6.45) is 0. The summed E-state index contributed by atoms with van der Waals surface area (Å²) in [5.74, 6) is -1.58. The molecule has 0 aliphatic heterocycles. The van der Waals surface area contributed by atoms with Gasteiger partial charge in [-0.05, 0) is 30.7 Å². The lowest BCUT2D eigenvalue weighted by molar-refractivity contribution is -0.141. The molecular formula is C10H12N2O4. The molecule has 0 aliphatic carbocycles. The highest BCUT2D eigenvalue weighted by Gasteiger charge is 2.05. The quantitative estimate of drug-likeness (QED) is 0.633. The Morgan fingerprint density at radius 1 is 1.50 bits per heavy atom. The highest BCUT2D eigenvalue weighted by Crippen LogP contribution is 2.14. The number of carbonyl (C=O) groups excluding carboxylic acids is 1. The first-order valence-corrected chi connectivity index (χ1v) is 4.50. The second-order valence-corrected chi connectivity index (χ2v) is 3.18. The number of primary amides is 1. The number of hydrogen-bond donors (Lipinski definition) is 3. The minimum atomic E-state index is -1.07. The molecule has 0 aromatic heterocycles. The van der Waals surface area contributed by atoms with E-state index in [9.17, 15) is 9.59 Å². The summed E-state index contributed by atoms with van der Waals surface area (Å²) < 4.78 is 0. The van der Waals surface area contributed by atoms with Crippen molar-refractivity contribution in [2.24, 2.45) is 5.73 Å². The third kappa shape index (κ3) is 3.25. The fourth-order valence-electron chi connectivity index (χ4n) is 1.18. The van der Waals surface area contributed by atoms with Crippen LogP contribution in [0.1, 0.15) is 15.9 Å². The molecule has 4 N–H and O–H groups in total. The van der Waals surface area contributed by atoms with Crippen molar-refractivity contribution in [2.75, 3.05) is 12.1 Å². The number of rotatable bonds is 5. The van der Waals surface area contributed by atoms with Crippen LogP contribution in [-0.4, -0.2) is 23.6 Å². The minimum Gasteiger partial charge on any atom is -0.479 e. The Kier molecular flexibility index (Phi) is 3.84. The van der Waals surface area contributed by atoms with Gasteiger partial charge in [-0.1, -0.05) is 0 Å². The number of carboxylic acid groups (broad SMARTS) is 1. The van der Waals surface area contributed by atoms with Crippen LogP contribution >= 0.6 is 0 Å². The van der Waals surface area contributed by atoms with Crippen LogP contribution in [0.3, 0.4) is 0 Å². The van der Waals surface area contributed by atoms with Crippen molar-refractivity contribution in [3.63, 3.8) is 0 Å². The van der Waals surface area contributed by atoms with Crippen LogP contribution in [-0.2, 0) is 9.63 Å². The van der Waals surface area contributed by atoms with E-state index in [-0.39, 0.29) is 0 Å². The normalized spacial score (nSPS) is 9.81. The zero-order valence-corrected chi connectivity index (χ0v) is 8.69. The Labute approximate surface area is 92.0 Å². The van der Waals surface area contributed by atoms with Gasteiger partial charge in [0.25, 0.3) is 0 Å². The van der Waals surface area contributed by atoms with Crippen LogP contribution in [0.15, 0.2) is 18.2 Å². The van der Waals surface area contributed by atoms with Crippen molar-refractivity contribution in [1.82, 2.24) is 0 Å². The molecule has 0 saturated heterocycles. The third-order valence-corrected chi connectivity index (χ3v) is 1.88. The second-order valence-electron chi connectivity index (χ2n) is 3.18. The SMILES string of the molecule is Cc1cc(NOCC(=O)O)ccc1C(N)=O. The van der Waals surface area contributed by atoms with Gasteiger partial charge >= 0.3 is 5.97 Å². The zero-order valence-electron chi connectivity index (χ0n) is 8.69. The number of aryl methyl sites for hydroxylation is 1. The molecule has 0 unspecified atom stereocenters. The second kappa shape index (κ2) is 5.13. The molecule has 86 valence electrons. The highest BCUT2D eigenvalue weighted by molar-refractivity contribution is 5.94. The molecule has 6 nitrogen and oxygen atoms in total. The van der Waals surface area contributed by atoms with E-state index in [1.54, 1.807) is 25.1 Å². The van der Waals surface area contributed by atoms with E-state index < -0.39 is 18.5 Å². The Bertz CT molecular complexity index is 417. The average molecular weight is 224 g/mol. The predicted octanol–water partition coefficient (Wildman–Crippen LogP) is 0.522. The van der Waals surface area contributed by atoms with Gasteiger partial charge in [-0.3, -0.25) is 15.1 Å². The molecule has 0 saturated carbocycles. The molecule has 1 aromatic carbocycles. The molecule has 0 aliphatic rings. The number of amides is 1. The average Bonchev–Trinajstić information content (AvgIpc) is 2.16. The van der Waals surface area contributed by atoms with E-state index in [1.165, 1.54) is 0 Å². The lowest BCUT2D eigenvalue weighted by Crippen LogP contribution is -2.14. The van der Waals surface area contributed by atoms with Crippen LogP contribution < -0.4 is 11.2 Å². The molecule has 0 atom stereocenters. The summed E-state index contributed by atoms with van der Waals surface area (Å²) in [6.45, 7) is 1.28. The maximum absolute atomic E-state index is 10.9. The highest BCUT2D eigenvalue weighted by atomic mass is 16.7. The lowest BCUT2D eigenvalue weighted by Gasteiger charge is -2.07. The topological polar surface area (TPSA) is 102 Å². The lowest BCUT2D eigenvalue weighted by atomic mass is 10.1. The van der Waals surface area contributed by atoms with Crippen molar-refractivity contribution in [1.29, 1.82) is 0 Å². The van der Waals surface area contributed by atoms with Gasteiger partial charge in [-0.25, -0.2) is 4.79 Å². The van der Waals surface area contributed by atoms with Gasteiger partial charge < -0.3 is 10.8 Å². The van der Waals surface area contributed by atoms with E-state index in [0.717, 1.165) is 0 Å². The number of aliphatic carboxylic acids is 1. The van der Waals surface area contributed by atoms with E-state index in [0.29, 0.717) is 16.8 Å². The van der Waals surface area contributed by atoms with Gasteiger partial charge in [0.05, 0.1) is 5.69 Å². The van der Waals surface area contributed by atoms with Gasteiger partial charge in [-0.15, -0.1) is 0 Å². The molecular weight excluding hydrogens is 212 g/mol. The first-order valence-electron chi connectivity index (χ1n) is 4.50. The smallest absolute Gasteiger partial charge is 0.332 e. The van der Waals surface area contributed by atoms with Crippen molar-refractivity contribution >= 4 is 17.6 Å². The molecule has 6 heteroatoms. The summed E-state index contributed by atoms with van der Waals surface area (Å²) >= 11 is 0. The summed E-state index contributed by atoms with van der Waals surface area (Å²) in [6, 6.07) is 4.76. The molecule has 0 spiro atoms. The molecule has 1 amide bonds. The number of carbonyl (C=O) groups is 2. The number of anilines is 1. The molecule has 0 heterocycles. The maximum Gasteiger partial charge on any atom is 0.332 e. The molecule has 16 heavy (non-hydrogen) atoms. The molecule has 0 bridgehead atoms. The fraction of sp³-hybridized carbons (Fsp3) is 0.200. The Balaban J connectivity index is 2.66. The van der Waals surface area contributed by atoms with Crippen LogP contribution in [0.4, 0.5) is 5.69 Å². The Morgan fingerprint density at radius 2 is 2.19 bits per heavy atom. The van der Waals surface area contributed by atoms with Crippen molar-refractivity contribution in [2.45, 2.75) is 6.92 Å². The molecule has 1 rings (SSSR count). The van der Waals surface area contributed by atoms with Crippen LogP contribution in [0.25, 0.3) is 0 Å². The Hall–Kier alpha value is -2.08. The van der Waals surface area contributed by atoms with Crippen LogP contribution in [0, 0.1) is 6.92 Å². The molecule has 0 radical (unpaired) electrons. The van der Waals surface area contributed by atoms with Gasteiger partial charge in [0.15, 0.2) is 6.61 Å². The third-order valence-electron chi connectivity index (χ3n) is 1.88. The summed E-state index contributed by atoms with van der Waals surface area (Å²) in [5, 5.41) is 8.34. The number of nitrogens with one attached hydrogen (secondary N) is 1. The van der Waals surface area contributed by atoms with E-state index in [4.69, 9.17) is 10.8 Å². The molecule has 1 aromatic rings. The fourth-order valence-corrected chi connectivity index (χ4v) is 1.18. The monoisotopic (exact) mass is 224 g/mol. The number of hydrogen-bond acceptors (Lipinski definition) is 4. The predicted molar refractivity (Wildman–Crippen MR) is 56.9 cm³/mol. The van der Waals surface area contributed by atoms with Crippen LogP contribution in [0.5, 0.6) is 0 Å². The summed E-state index contributed by atoms with van der Waals surface area (Å²) in [7, 11) is 0. The van der Waals surface area contributed by atoms with Gasteiger partial charge in [0.1, 0.15) is 0 Å². The minimum absolute atomic E-state index is 0.420. The standard InChI is InChI=1S/C10H12N2O4/c1-6-4-7(12-16-5-9(13)14)2-3-8(6)10(11)15/h2-4,12H,5H2,1H3,(H2,11,15)(H,13,14). The number of nitrogens with two attached hydrogens (primary N) is 1. The number of benzene rings is 1. The van der Waals surface area contributed by atoms with Gasteiger partial charge in [0.2, 0.25) is 5.91 Å². The summed E-state index contributed by atoms with van der Waals surface area (Å²) in [5.41, 5.74) is 9.26. The largest absolute Gasteiger partial charge is 0.479 e. The number of carboxylic acids is 1. The first kappa shape index (κ1) is 12.0. The van der Waals surface area contributed by atoms with Gasteiger partial charge in [0, 0.05) is 5.56 Å². The van der Waals surface area contributed by atoms with Gasteiger partial charge in [-0.2, -0.15) is 0 Å². The summed E-state index contributed by atoms with van der Waals surface area (Å²) in [4.78, 5) is 25.8. The van der Waals surface area contributed by atoms with E-state index in [1.807, 2.05) is 0 Å². The first-order chi connectivity index (χ1) is 7.50. The van der Waals surface area contributed by atoms with Crippen molar-refractivity contribution < 1.29 is 19.5 Å². The van der Waals surface area contributed by atoms with Crippen molar-refractivity contribution in [3.8, 4) is 0 Å². The Morgan fingerprint density at radius 3 is 2.69 bits per heavy atom.